The van der Waals surface area contributed by atoms with Crippen LogP contribution in [-0.2, 0) is 11.2 Å². The zero-order valence-electron chi connectivity index (χ0n) is 9.43. The molecule has 0 fully saturated rings. The Morgan fingerprint density at radius 1 is 1.25 bits per heavy atom. The van der Waals surface area contributed by atoms with Crippen LogP contribution < -0.4 is 5.73 Å². The maximum atomic E-state index is 10.7. The predicted molar refractivity (Wildman–Crippen MR) is 64.2 cm³/mol. The van der Waals surface area contributed by atoms with E-state index in [1.807, 2.05) is 18.2 Å². The van der Waals surface area contributed by atoms with Gasteiger partial charge >= 0.3 is 5.97 Å². The normalized spacial score (nSPS) is 12.3. The Hall–Kier alpha value is -1.35. The molecule has 0 heterocycles. The Labute approximate surface area is 96.3 Å². The summed E-state index contributed by atoms with van der Waals surface area (Å²) >= 11 is 0. The number of carbonyl (C=O) groups is 1. The van der Waals surface area contributed by atoms with Gasteiger partial charge in [-0.05, 0) is 24.8 Å². The first-order chi connectivity index (χ1) is 7.74. The van der Waals surface area contributed by atoms with E-state index in [9.17, 15) is 4.79 Å². The number of rotatable bonds is 7. The number of carboxylic acid groups (broad SMARTS) is 1. The van der Waals surface area contributed by atoms with Crippen molar-refractivity contribution >= 4 is 5.97 Å². The average Bonchev–Trinajstić information content (AvgIpc) is 2.30. The molecule has 3 N–H and O–H groups in total. The summed E-state index contributed by atoms with van der Waals surface area (Å²) in [4.78, 5) is 10.7. The number of aliphatic carboxylic acids is 1. The summed E-state index contributed by atoms with van der Waals surface area (Å²) in [5.74, 6) is -1.15. The Bertz CT molecular complexity index is 311. The van der Waals surface area contributed by atoms with E-state index in [0.29, 0.717) is 6.42 Å². The van der Waals surface area contributed by atoms with Gasteiger partial charge in [0.1, 0.15) is 0 Å². The van der Waals surface area contributed by atoms with Crippen molar-refractivity contribution in [2.45, 2.75) is 25.7 Å². The molecule has 0 aliphatic carbocycles. The third kappa shape index (κ3) is 4.45. The van der Waals surface area contributed by atoms with Crippen molar-refractivity contribution in [1.82, 2.24) is 0 Å². The molecule has 0 aliphatic heterocycles. The van der Waals surface area contributed by atoms with E-state index in [2.05, 4.69) is 12.1 Å². The quantitative estimate of drug-likeness (QED) is 0.693. The fourth-order valence-corrected chi connectivity index (χ4v) is 1.71. The molecular weight excluding hydrogens is 202 g/mol. The van der Waals surface area contributed by atoms with E-state index >= 15 is 0 Å². The Kier molecular flexibility index (Phi) is 5.57. The highest BCUT2D eigenvalue weighted by molar-refractivity contribution is 5.70. The highest BCUT2D eigenvalue weighted by Crippen LogP contribution is 2.11. The van der Waals surface area contributed by atoms with Crippen LogP contribution >= 0.6 is 0 Å². The molecule has 1 aromatic carbocycles. The molecule has 0 amide bonds. The molecule has 0 aliphatic rings. The van der Waals surface area contributed by atoms with E-state index in [1.165, 1.54) is 5.56 Å². The van der Waals surface area contributed by atoms with Crippen LogP contribution in [0.3, 0.4) is 0 Å². The molecule has 0 radical (unpaired) electrons. The lowest BCUT2D eigenvalue weighted by Crippen LogP contribution is -2.23. The summed E-state index contributed by atoms with van der Waals surface area (Å²) in [7, 11) is 0. The average molecular weight is 221 g/mol. The SMILES string of the molecule is NCC(CCCCc1ccccc1)C(=O)O. The van der Waals surface area contributed by atoms with Gasteiger partial charge in [-0.2, -0.15) is 0 Å². The number of aryl methyl sites for hydroxylation is 1. The van der Waals surface area contributed by atoms with Crippen LogP contribution in [0.1, 0.15) is 24.8 Å². The molecule has 0 spiro atoms. The molecule has 0 aromatic heterocycles. The van der Waals surface area contributed by atoms with Gasteiger partial charge in [0, 0.05) is 6.54 Å². The number of hydrogen-bond acceptors (Lipinski definition) is 2. The second-order valence-electron chi connectivity index (χ2n) is 4.00. The van der Waals surface area contributed by atoms with Crippen molar-refractivity contribution in [2.24, 2.45) is 11.7 Å². The van der Waals surface area contributed by atoms with Crippen LogP contribution in [0.4, 0.5) is 0 Å². The van der Waals surface area contributed by atoms with E-state index in [1.54, 1.807) is 0 Å². The summed E-state index contributed by atoms with van der Waals surface area (Å²) in [5, 5.41) is 8.81. The van der Waals surface area contributed by atoms with E-state index in [4.69, 9.17) is 10.8 Å². The fourth-order valence-electron chi connectivity index (χ4n) is 1.71. The molecule has 88 valence electrons. The summed E-state index contributed by atoms with van der Waals surface area (Å²) in [6.07, 6.45) is 3.63. The first-order valence-electron chi connectivity index (χ1n) is 5.71. The Morgan fingerprint density at radius 3 is 2.50 bits per heavy atom. The van der Waals surface area contributed by atoms with E-state index in [0.717, 1.165) is 19.3 Å². The van der Waals surface area contributed by atoms with Crippen molar-refractivity contribution in [3.8, 4) is 0 Å². The lowest BCUT2D eigenvalue weighted by Gasteiger charge is -2.08. The van der Waals surface area contributed by atoms with Crippen molar-refractivity contribution in [2.75, 3.05) is 6.54 Å². The van der Waals surface area contributed by atoms with Gasteiger partial charge in [-0.25, -0.2) is 0 Å². The zero-order chi connectivity index (χ0) is 11.8. The van der Waals surface area contributed by atoms with E-state index in [-0.39, 0.29) is 12.5 Å². The molecule has 0 saturated carbocycles. The standard InChI is InChI=1S/C13H19NO2/c14-10-12(13(15)16)9-5-4-8-11-6-2-1-3-7-11/h1-3,6-7,12H,4-5,8-10,14H2,(H,15,16). The molecule has 1 rings (SSSR count). The summed E-state index contributed by atoms with van der Waals surface area (Å²) in [5.41, 5.74) is 6.69. The van der Waals surface area contributed by atoms with Gasteiger partial charge in [0.05, 0.1) is 5.92 Å². The Balaban J connectivity index is 2.19. The van der Waals surface area contributed by atoms with E-state index < -0.39 is 5.97 Å². The third-order valence-corrected chi connectivity index (χ3v) is 2.74. The number of hydrogen-bond donors (Lipinski definition) is 2. The number of benzene rings is 1. The van der Waals surface area contributed by atoms with Crippen molar-refractivity contribution in [3.05, 3.63) is 35.9 Å². The van der Waals surface area contributed by atoms with Crippen LogP contribution in [0, 0.1) is 5.92 Å². The van der Waals surface area contributed by atoms with Gasteiger partial charge in [0.2, 0.25) is 0 Å². The summed E-state index contributed by atoms with van der Waals surface area (Å²) < 4.78 is 0. The van der Waals surface area contributed by atoms with Gasteiger partial charge < -0.3 is 10.8 Å². The minimum atomic E-state index is -0.776. The molecule has 1 aromatic rings. The second-order valence-corrected chi connectivity index (χ2v) is 4.00. The molecule has 1 unspecified atom stereocenters. The number of nitrogens with two attached hydrogens (primary N) is 1. The molecule has 1 atom stereocenters. The lowest BCUT2D eigenvalue weighted by atomic mass is 10.00. The highest BCUT2D eigenvalue weighted by atomic mass is 16.4. The van der Waals surface area contributed by atoms with Gasteiger partial charge in [-0.1, -0.05) is 36.8 Å². The van der Waals surface area contributed by atoms with Crippen molar-refractivity contribution in [3.63, 3.8) is 0 Å². The van der Waals surface area contributed by atoms with Crippen LogP contribution in [-0.4, -0.2) is 17.6 Å². The largest absolute Gasteiger partial charge is 0.481 e. The summed E-state index contributed by atoms with van der Waals surface area (Å²) in [6, 6.07) is 10.2. The fraction of sp³-hybridized carbons (Fsp3) is 0.462. The van der Waals surface area contributed by atoms with Gasteiger partial charge in [-0.15, -0.1) is 0 Å². The van der Waals surface area contributed by atoms with Crippen LogP contribution in [0.5, 0.6) is 0 Å². The highest BCUT2D eigenvalue weighted by Gasteiger charge is 2.14. The van der Waals surface area contributed by atoms with Crippen LogP contribution in [0.15, 0.2) is 30.3 Å². The minimum absolute atomic E-state index is 0.237. The third-order valence-electron chi connectivity index (χ3n) is 2.74. The lowest BCUT2D eigenvalue weighted by molar-refractivity contribution is -0.141. The van der Waals surface area contributed by atoms with Crippen LogP contribution in [0.25, 0.3) is 0 Å². The maximum Gasteiger partial charge on any atom is 0.307 e. The van der Waals surface area contributed by atoms with Crippen molar-refractivity contribution < 1.29 is 9.90 Å². The predicted octanol–water partition coefficient (Wildman–Crippen LogP) is 2.06. The molecule has 0 bridgehead atoms. The second kappa shape index (κ2) is 7.01. The summed E-state index contributed by atoms with van der Waals surface area (Å²) in [6.45, 7) is 0.237. The van der Waals surface area contributed by atoms with Gasteiger partial charge in [0.25, 0.3) is 0 Å². The number of carboxylic acids is 1. The zero-order valence-corrected chi connectivity index (χ0v) is 9.43. The molecule has 0 saturated heterocycles. The monoisotopic (exact) mass is 221 g/mol. The van der Waals surface area contributed by atoms with Gasteiger partial charge in [0.15, 0.2) is 0 Å². The Morgan fingerprint density at radius 2 is 1.94 bits per heavy atom. The van der Waals surface area contributed by atoms with Crippen LogP contribution in [0.2, 0.25) is 0 Å². The topological polar surface area (TPSA) is 63.3 Å². The maximum absolute atomic E-state index is 10.7. The minimum Gasteiger partial charge on any atom is -0.481 e. The molecule has 16 heavy (non-hydrogen) atoms. The molecular formula is C13H19NO2. The smallest absolute Gasteiger partial charge is 0.307 e. The first-order valence-corrected chi connectivity index (χ1v) is 5.71. The van der Waals surface area contributed by atoms with Gasteiger partial charge in [-0.3, -0.25) is 4.79 Å². The molecule has 3 heteroatoms. The van der Waals surface area contributed by atoms with Crippen molar-refractivity contribution in [1.29, 1.82) is 0 Å². The molecule has 3 nitrogen and oxygen atoms in total. The first kappa shape index (κ1) is 12.7. The number of unbranched alkanes of at least 4 members (excludes halogenated alkanes) is 1.